The molecule has 0 spiro atoms. The van der Waals surface area contributed by atoms with E-state index >= 15 is 0 Å². The van der Waals surface area contributed by atoms with Crippen molar-refractivity contribution in [3.63, 3.8) is 0 Å². The summed E-state index contributed by atoms with van der Waals surface area (Å²) >= 11 is 5.54. The molecular formula is C9H7IOS2. The molecule has 2 aromatic rings. The van der Waals surface area contributed by atoms with Crippen molar-refractivity contribution in [1.82, 2.24) is 0 Å². The molecule has 0 aliphatic heterocycles. The summed E-state index contributed by atoms with van der Waals surface area (Å²) in [6.45, 7) is 0. The Labute approximate surface area is 98.3 Å². The number of phenols is 1. The third-order valence-corrected chi connectivity index (χ3v) is 4.37. The number of rotatable bonds is 1. The van der Waals surface area contributed by atoms with Crippen molar-refractivity contribution in [2.45, 2.75) is 4.90 Å². The van der Waals surface area contributed by atoms with Gasteiger partial charge in [-0.05, 0) is 41.0 Å². The normalized spacial score (nSPS) is 10.9. The van der Waals surface area contributed by atoms with Crippen molar-refractivity contribution in [2.24, 2.45) is 0 Å². The van der Waals surface area contributed by atoms with Crippen molar-refractivity contribution in [3.8, 4) is 5.75 Å². The number of thioether (sulfide) groups is 1. The lowest BCUT2D eigenvalue weighted by Crippen LogP contribution is -1.72. The van der Waals surface area contributed by atoms with Crippen LogP contribution in [0.4, 0.5) is 0 Å². The van der Waals surface area contributed by atoms with Gasteiger partial charge in [0.15, 0.2) is 0 Å². The Hall–Kier alpha value is 0.0600. The average molecular weight is 322 g/mol. The molecule has 4 heteroatoms. The van der Waals surface area contributed by atoms with Crippen LogP contribution in [0.15, 0.2) is 22.4 Å². The second-order valence-corrected chi connectivity index (χ2v) is 5.58. The molecule has 0 saturated heterocycles. The molecule has 0 unspecified atom stereocenters. The molecule has 1 N–H and O–H groups in total. The molecule has 0 bridgehead atoms. The molecule has 68 valence electrons. The van der Waals surface area contributed by atoms with E-state index in [9.17, 15) is 5.11 Å². The van der Waals surface area contributed by atoms with E-state index in [2.05, 4.69) is 40.3 Å². The minimum Gasteiger partial charge on any atom is -0.506 e. The first-order chi connectivity index (χ1) is 6.22. The van der Waals surface area contributed by atoms with Crippen molar-refractivity contribution in [1.29, 1.82) is 0 Å². The van der Waals surface area contributed by atoms with Crippen LogP contribution >= 0.6 is 45.7 Å². The molecule has 0 aliphatic carbocycles. The van der Waals surface area contributed by atoms with Crippen molar-refractivity contribution in [3.05, 3.63) is 21.1 Å². The summed E-state index contributed by atoms with van der Waals surface area (Å²) < 4.78 is 2.07. The third kappa shape index (κ3) is 1.67. The van der Waals surface area contributed by atoms with Crippen LogP contribution < -0.4 is 0 Å². The van der Waals surface area contributed by atoms with E-state index in [-0.39, 0.29) is 0 Å². The average Bonchev–Trinajstić information content (AvgIpc) is 2.47. The fourth-order valence-corrected chi connectivity index (χ4v) is 3.63. The maximum Gasteiger partial charge on any atom is 0.134 e. The van der Waals surface area contributed by atoms with Crippen molar-refractivity contribution < 1.29 is 5.11 Å². The Morgan fingerprint density at radius 3 is 2.92 bits per heavy atom. The zero-order chi connectivity index (χ0) is 9.42. The fraction of sp³-hybridized carbons (Fsp3) is 0.111. The number of hydrogen-bond donors (Lipinski definition) is 1. The van der Waals surface area contributed by atoms with Crippen LogP contribution in [0.5, 0.6) is 5.75 Å². The molecule has 2 rings (SSSR count). The fourth-order valence-electron chi connectivity index (χ4n) is 1.22. The number of fused-ring (bicyclic) bond motifs is 1. The zero-order valence-corrected chi connectivity index (χ0v) is 10.7. The highest BCUT2D eigenvalue weighted by Crippen LogP contribution is 2.38. The molecule has 0 radical (unpaired) electrons. The number of aromatic hydroxyl groups is 1. The molecule has 0 fully saturated rings. The first-order valence-electron chi connectivity index (χ1n) is 3.66. The molecule has 1 aromatic heterocycles. The summed E-state index contributed by atoms with van der Waals surface area (Å²) in [7, 11) is 0. The topological polar surface area (TPSA) is 20.2 Å². The van der Waals surface area contributed by atoms with Crippen molar-refractivity contribution >= 4 is 55.8 Å². The highest BCUT2D eigenvalue weighted by molar-refractivity contribution is 14.1. The van der Waals surface area contributed by atoms with E-state index in [4.69, 9.17) is 0 Å². The Morgan fingerprint density at radius 1 is 1.46 bits per heavy atom. The lowest BCUT2D eigenvalue weighted by atomic mass is 10.2. The highest BCUT2D eigenvalue weighted by Gasteiger charge is 2.07. The SMILES string of the molecule is CSc1csc2c(O)cc(I)cc12. The molecular weight excluding hydrogens is 315 g/mol. The van der Waals surface area contributed by atoms with E-state index in [1.807, 2.05) is 0 Å². The summed E-state index contributed by atoms with van der Waals surface area (Å²) in [5.74, 6) is 0.396. The summed E-state index contributed by atoms with van der Waals surface area (Å²) in [5.41, 5.74) is 0. The number of hydrogen-bond acceptors (Lipinski definition) is 3. The van der Waals surface area contributed by atoms with E-state index in [1.165, 1.54) is 10.3 Å². The monoisotopic (exact) mass is 322 g/mol. The Kier molecular flexibility index (Phi) is 2.71. The number of thiophene rings is 1. The maximum atomic E-state index is 9.66. The van der Waals surface area contributed by atoms with Crippen LogP contribution in [0, 0.1) is 3.57 Å². The standard InChI is InChI=1S/C9H7IOS2/c1-12-8-4-13-9-6(8)2-5(10)3-7(9)11/h2-4,11H,1H3. The lowest BCUT2D eigenvalue weighted by Gasteiger charge is -1.97. The van der Waals surface area contributed by atoms with Gasteiger partial charge in [-0.15, -0.1) is 23.1 Å². The van der Waals surface area contributed by atoms with Gasteiger partial charge in [-0.1, -0.05) is 0 Å². The van der Waals surface area contributed by atoms with Gasteiger partial charge in [0.25, 0.3) is 0 Å². The first-order valence-corrected chi connectivity index (χ1v) is 6.84. The van der Waals surface area contributed by atoms with Gasteiger partial charge >= 0.3 is 0 Å². The van der Waals surface area contributed by atoms with Crippen molar-refractivity contribution in [2.75, 3.05) is 6.26 Å². The highest BCUT2D eigenvalue weighted by atomic mass is 127. The third-order valence-electron chi connectivity index (χ3n) is 1.80. The summed E-state index contributed by atoms with van der Waals surface area (Å²) in [4.78, 5) is 1.24. The molecule has 0 amide bonds. The Morgan fingerprint density at radius 2 is 2.23 bits per heavy atom. The summed E-state index contributed by atoms with van der Waals surface area (Å²) in [5, 5.41) is 12.9. The number of benzene rings is 1. The van der Waals surface area contributed by atoms with Crippen LogP contribution in [0.1, 0.15) is 0 Å². The summed E-state index contributed by atoms with van der Waals surface area (Å²) in [6.07, 6.45) is 2.05. The van der Waals surface area contributed by atoms with Gasteiger partial charge in [-0.3, -0.25) is 0 Å². The van der Waals surface area contributed by atoms with Gasteiger partial charge in [-0.25, -0.2) is 0 Å². The van der Waals surface area contributed by atoms with Crippen LogP contribution in [0.2, 0.25) is 0 Å². The molecule has 1 aromatic carbocycles. The predicted octanol–water partition coefficient (Wildman–Crippen LogP) is 3.93. The molecule has 13 heavy (non-hydrogen) atoms. The van der Waals surface area contributed by atoms with Gasteiger partial charge in [0, 0.05) is 19.2 Å². The Bertz CT molecular complexity index is 450. The summed E-state index contributed by atoms with van der Waals surface area (Å²) in [6, 6.07) is 3.90. The van der Waals surface area contributed by atoms with Crippen LogP contribution in [-0.2, 0) is 0 Å². The smallest absolute Gasteiger partial charge is 0.134 e. The lowest BCUT2D eigenvalue weighted by molar-refractivity contribution is 0.482. The second-order valence-electron chi connectivity index (χ2n) is 2.61. The van der Waals surface area contributed by atoms with Crippen LogP contribution in [-0.4, -0.2) is 11.4 Å². The van der Waals surface area contributed by atoms with Gasteiger partial charge in [0.1, 0.15) is 5.75 Å². The van der Waals surface area contributed by atoms with Gasteiger partial charge < -0.3 is 5.11 Å². The Balaban J connectivity index is 2.82. The van der Waals surface area contributed by atoms with Crippen LogP contribution in [0.3, 0.4) is 0 Å². The van der Waals surface area contributed by atoms with Gasteiger partial charge in [0.05, 0.1) is 4.70 Å². The molecule has 1 heterocycles. The quantitative estimate of drug-likeness (QED) is 0.634. The number of phenolic OH excluding ortho intramolecular Hbond substituents is 1. The van der Waals surface area contributed by atoms with Gasteiger partial charge in [-0.2, -0.15) is 0 Å². The van der Waals surface area contributed by atoms with E-state index < -0.39 is 0 Å². The first kappa shape index (κ1) is 9.61. The molecule has 0 aliphatic rings. The second kappa shape index (κ2) is 3.67. The van der Waals surface area contributed by atoms with E-state index in [1.54, 1.807) is 29.2 Å². The van der Waals surface area contributed by atoms with Gasteiger partial charge in [0.2, 0.25) is 0 Å². The minimum atomic E-state index is 0.396. The molecule has 0 saturated carbocycles. The molecule has 0 atom stereocenters. The molecule has 1 nitrogen and oxygen atoms in total. The predicted molar refractivity (Wildman–Crippen MR) is 68.0 cm³/mol. The van der Waals surface area contributed by atoms with E-state index in [0.29, 0.717) is 5.75 Å². The maximum absolute atomic E-state index is 9.66. The van der Waals surface area contributed by atoms with E-state index in [0.717, 1.165) is 8.27 Å². The zero-order valence-electron chi connectivity index (χ0n) is 6.87. The van der Waals surface area contributed by atoms with Crippen LogP contribution in [0.25, 0.3) is 10.1 Å². The largest absolute Gasteiger partial charge is 0.506 e. The minimum absolute atomic E-state index is 0.396. The number of halogens is 1.